The number of benzene rings is 1. The van der Waals surface area contributed by atoms with E-state index in [4.69, 9.17) is 9.84 Å². The van der Waals surface area contributed by atoms with E-state index in [0.717, 1.165) is 35.8 Å². The number of rotatable bonds is 4. The average Bonchev–Trinajstić information content (AvgIpc) is 2.67. The van der Waals surface area contributed by atoms with Crippen LogP contribution in [0.2, 0.25) is 0 Å². The second kappa shape index (κ2) is 7.13. The third-order valence-electron chi connectivity index (χ3n) is 3.67. The molecule has 0 atom stereocenters. The molecule has 1 aromatic rings. The standard InChI is InChI=1S/C17H22O3/c1-13-8-10-16(14(12-13)9-11-17(18)19)20-15-6-4-2-3-5-7-15/h8-12,15H,2-7H2,1H3,(H,18,19)/b11-9+. The van der Waals surface area contributed by atoms with Gasteiger partial charge in [0.2, 0.25) is 0 Å². The van der Waals surface area contributed by atoms with Gasteiger partial charge in [0, 0.05) is 11.6 Å². The first-order chi connectivity index (χ1) is 9.65. The van der Waals surface area contributed by atoms with Gasteiger partial charge < -0.3 is 9.84 Å². The first kappa shape index (κ1) is 14.6. The quantitative estimate of drug-likeness (QED) is 0.661. The summed E-state index contributed by atoms with van der Waals surface area (Å²) in [7, 11) is 0. The first-order valence-electron chi connectivity index (χ1n) is 7.33. The molecule has 20 heavy (non-hydrogen) atoms. The molecule has 2 rings (SSSR count). The van der Waals surface area contributed by atoms with Gasteiger partial charge in [0.05, 0.1) is 6.10 Å². The number of hydrogen-bond donors (Lipinski definition) is 1. The van der Waals surface area contributed by atoms with Gasteiger partial charge in [-0.1, -0.05) is 24.5 Å². The molecule has 1 aliphatic rings. The van der Waals surface area contributed by atoms with E-state index in [1.807, 2.05) is 25.1 Å². The maximum atomic E-state index is 10.7. The smallest absolute Gasteiger partial charge is 0.328 e. The second-order valence-corrected chi connectivity index (χ2v) is 5.44. The number of carboxylic acid groups (broad SMARTS) is 1. The maximum absolute atomic E-state index is 10.7. The van der Waals surface area contributed by atoms with Crippen molar-refractivity contribution in [2.24, 2.45) is 0 Å². The summed E-state index contributed by atoms with van der Waals surface area (Å²) in [5, 5.41) is 8.77. The topological polar surface area (TPSA) is 46.5 Å². The van der Waals surface area contributed by atoms with Gasteiger partial charge >= 0.3 is 5.97 Å². The largest absolute Gasteiger partial charge is 0.490 e. The van der Waals surface area contributed by atoms with Gasteiger partial charge in [0.15, 0.2) is 0 Å². The highest BCUT2D eigenvalue weighted by Crippen LogP contribution is 2.27. The Morgan fingerprint density at radius 2 is 1.95 bits per heavy atom. The zero-order chi connectivity index (χ0) is 14.4. The minimum atomic E-state index is -0.938. The number of carbonyl (C=O) groups is 1. The minimum Gasteiger partial charge on any atom is -0.490 e. The molecule has 108 valence electrons. The van der Waals surface area contributed by atoms with E-state index in [1.165, 1.54) is 25.7 Å². The van der Waals surface area contributed by atoms with E-state index in [9.17, 15) is 4.79 Å². The van der Waals surface area contributed by atoms with Crippen molar-refractivity contribution >= 4 is 12.0 Å². The van der Waals surface area contributed by atoms with Crippen LogP contribution in [0, 0.1) is 6.92 Å². The zero-order valence-corrected chi connectivity index (χ0v) is 12.0. The Morgan fingerprint density at radius 3 is 2.60 bits per heavy atom. The van der Waals surface area contributed by atoms with Crippen molar-refractivity contribution in [3.63, 3.8) is 0 Å². The van der Waals surface area contributed by atoms with Crippen molar-refractivity contribution in [3.05, 3.63) is 35.4 Å². The molecule has 0 aromatic heterocycles. The van der Waals surface area contributed by atoms with Crippen LogP contribution in [0.1, 0.15) is 49.7 Å². The van der Waals surface area contributed by atoms with Crippen LogP contribution in [0.15, 0.2) is 24.3 Å². The molecule has 1 N–H and O–H groups in total. The predicted octanol–water partition coefficient (Wildman–Crippen LogP) is 4.19. The summed E-state index contributed by atoms with van der Waals surface area (Å²) in [4.78, 5) is 10.7. The van der Waals surface area contributed by atoms with Gasteiger partial charge in [0.1, 0.15) is 5.75 Å². The molecule has 0 bridgehead atoms. The van der Waals surface area contributed by atoms with Crippen molar-refractivity contribution in [3.8, 4) is 5.75 Å². The Bertz CT molecular complexity index is 483. The van der Waals surface area contributed by atoms with E-state index in [0.29, 0.717) is 0 Å². The van der Waals surface area contributed by atoms with Crippen molar-refractivity contribution in [2.45, 2.75) is 51.6 Å². The molecule has 0 heterocycles. The highest BCUT2D eigenvalue weighted by molar-refractivity contribution is 5.85. The SMILES string of the molecule is Cc1ccc(OC2CCCCCC2)c(/C=C/C(=O)O)c1. The van der Waals surface area contributed by atoms with Gasteiger partial charge in [-0.25, -0.2) is 4.79 Å². The molecular formula is C17H22O3. The van der Waals surface area contributed by atoms with E-state index >= 15 is 0 Å². The molecule has 1 aromatic carbocycles. The van der Waals surface area contributed by atoms with Gasteiger partial charge in [-0.15, -0.1) is 0 Å². The van der Waals surface area contributed by atoms with Crippen molar-refractivity contribution in [1.82, 2.24) is 0 Å². The lowest BCUT2D eigenvalue weighted by molar-refractivity contribution is -0.131. The summed E-state index contributed by atoms with van der Waals surface area (Å²) in [5.41, 5.74) is 1.94. The first-order valence-corrected chi connectivity index (χ1v) is 7.33. The second-order valence-electron chi connectivity index (χ2n) is 5.44. The molecule has 1 saturated carbocycles. The lowest BCUT2D eigenvalue weighted by Crippen LogP contribution is -2.15. The molecule has 0 spiro atoms. The molecule has 1 fully saturated rings. The average molecular weight is 274 g/mol. The Labute approximate surface area is 120 Å². The van der Waals surface area contributed by atoms with Gasteiger partial charge in [-0.05, 0) is 50.8 Å². The molecule has 0 saturated heterocycles. The molecule has 0 amide bonds. The Balaban J connectivity index is 2.14. The summed E-state index contributed by atoms with van der Waals surface area (Å²) in [6, 6.07) is 5.91. The summed E-state index contributed by atoms with van der Waals surface area (Å²) in [6.45, 7) is 1.99. The fourth-order valence-corrected chi connectivity index (χ4v) is 2.61. The van der Waals surface area contributed by atoms with Crippen LogP contribution in [0.5, 0.6) is 5.75 Å². The lowest BCUT2D eigenvalue weighted by atomic mass is 10.1. The third-order valence-corrected chi connectivity index (χ3v) is 3.67. The number of carboxylic acids is 1. The molecule has 3 heteroatoms. The molecule has 3 nitrogen and oxygen atoms in total. The van der Waals surface area contributed by atoms with E-state index in [1.54, 1.807) is 6.08 Å². The summed E-state index contributed by atoms with van der Waals surface area (Å²) >= 11 is 0. The monoisotopic (exact) mass is 274 g/mol. The lowest BCUT2D eigenvalue weighted by Gasteiger charge is -2.19. The highest BCUT2D eigenvalue weighted by atomic mass is 16.5. The van der Waals surface area contributed by atoms with Crippen LogP contribution in [-0.4, -0.2) is 17.2 Å². The predicted molar refractivity (Wildman–Crippen MR) is 80.0 cm³/mol. The molecule has 0 radical (unpaired) electrons. The normalized spacial score (nSPS) is 17.1. The highest BCUT2D eigenvalue weighted by Gasteiger charge is 2.15. The van der Waals surface area contributed by atoms with Crippen molar-refractivity contribution < 1.29 is 14.6 Å². The zero-order valence-electron chi connectivity index (χ0n) is 12.0. The number of aryl methyl sites for hydroxylation is 1. The van der Waals surface area contributed by atoms with Crippen LogP contribution in [0.25, 0.3) is 6.08 Å². The van der Waals surface area contributed by atoms with E-state index < -0.39 is 5.97 Å². The van der Waals surface area contributed by atoms with Crippen molar-refractivity contribution in [1.29, 1.82) is 0 Å². The minimum absolute atomic E-state index is 0.261. The van der Waals surface area contributed by atoms with Crippen LogP contribution in [0.3, 0.4) is 0 Å². The van der Waals surface area contributed by atoms with Crippen LogP contribution in [0.4, 0.5) is 0 Å². The van der Waals surface area contributed by atoms with Gasteiger partial charge in [-0.2, -0.15) is 0 Å². The van der Waals surface area contributed by atoms with Crippen LogP contribution in [-0.2, 0) is 4.79 Å². The number of aliphatic carboxylic acids is 1. The maximum Gasteiger partial charge on any atom is 0.328 e. The fraction of sp³-hybridized carbons (Fsp3) is 0.471. The third kappa shape index (κ3) is 4.41. The fourth-order valence-electron chi connectivity index (χ4n) is 2.61. The number of hydrogen-bond acceptors (Lipinski definition) is 2. The summed E-state index contributed by atoms with van der Waals surface area (Å²) < 4.78 is 6.11. The number of ether oxygens (including phenoxy) is 1. The molecular weight excluding hydrogens is 252 g/mol. The molecule has 0 unspecified atom stereocenters. The van der Waals surface area contributed by atoms with Gasteiger partial charge in [0.25, 0.3) is 0 Å². The van der Waals surface area contributed by atoms with Crippen LogP contribution < -0.4 is 4.74 Å². The van der Waals surface area contributed by atoms with E-state index in [2.05, 4.69) is 0 Å². The summed E-state index contributed by atoms with van der Waals surface area (Å²) in [5.74, 6) is -0.146. The van der Waals surface area contributed by atoms with Crippen molar-refractivity contribution in [2.75, 3.05) is 0 Å². The summed E-state index contributed by atoms with van der Waals surface area (Å²) in [6.07, 6.45) is 10.2. The molecule has 1 aliphatic carbocycles. The molecule has 0 aliphatic heterocycles. The Hall–Kier alpha value is -1.77. The Morgan fingerprint density at radius 1 is 1.25 bits per heavy atom. The van der Waals surface area contributed by atoms with E-state index in [-0.39, 0.29) is 6.10 Å². The van der Waals surface area contributed by atoms with Gasteiger partial charge in [-0.3, -0.25) is 0 Å². The van der Waals surface area contributed by atoms with Crippen LogP contribution >= 0.6 is 0 Å². The Kier molecular flexibility index (Phi) is 5.22.